The van der Waals surface area contributed by atoms with Crippen molar-refractivity contribution >= 4 is 17.7 Å². The van der Waals surface area contributed by atoms with Gasteiger partial charge in [-0.05, 0) is 27.7 Å². The molecular formula is C12H19NO4. The average molecular weight is 241 g/mol. The summed E-state index contributed by atoms with van der Waals surface area (Å²) >= 11 is 0. The lowest BCUT2D eigenvalue weighted by atomic mass is 9.98. The molecule has 1 aliphatic rings. The van der Waals surface area contributed by atoms with Crippen molar-refractivity contribution in [2.24, 2.45) is 0 Å². The largest absolute Gasteiger partial charge is 0.444 e. The van der Waals surface area contributed by atoms with Crippen molar-refractivity contribution < 1.29 is 19.1 Å². The minimum atomic E-state index is -0.661. The number of likely N-dealkylation sites (tertiary alicyclic amines) is 1. The van der Waals surface area contributed by atoms with E-state index in [4.69, 9.17) is 4.74 Å². The van der Waals surface area contributed by atoms with E-state index < -0.39 is 17.7 Å². The maximum absolute atomic E-state index is 11.9. The fourth-order valence-electron chi connectivity index (χ4n) is 1.73. The molecule has 0 N–H and O–H groups in total. The van der Waals surface area contributed by atoms with Crippen LogP contribution in [0.25, 0.3) is 0 Å². The fourth-order valence-corrected chi connectivity index (χ4v) is 1.73. The highest BCUT2D eigenvalue weighted by Crippen LogP contribution is 2.19. The van der Waals surface area contributed by atoms with Crippen molar-refractivity contribution in [3.8, 4) is 0 Å². The van der Waals surface area contributed by atoms with Gasteiger partial charge in [0.25, 0.3) is 0 Å². The molecule has 0 saturated carbocycles. The topological polar surface area (TPSA) is 63.7 Å². The van der Waals surface area contributed by atoms with Crippen molar-refractivity contribution in [2.45, 2.75) is 52.2 Å². The molecule has 0 aromatic heterocycles. The number of amides is 1. The van der Waals surface area contributed by atoms with Gasteiger partial charge in [0, 0.05) is 19.4 Å². The SMILES string of the molecule is CC(=O)[C@H]1CC(=O)CCN1C(=O)OC(C)(C)C. The molecule has 0 spiro atoms. The third-order valence-electron chi connectivity index (χ3n) is 2.53. The number of hydrogen-bond donors (Lipinski definition) is 0. The van der Waals surface area contributed by atoms with E-state index in [0.717, 1.165) is 0 Å². The first-order valence-electron chi connectivity index (χ1n) is 5.72. The van der Waals surface area contributed by atoms with Gasteiger partial charge in [0.2, 0.25) is 0 Å². The van der Waals surface area contributed by atoms with Crippen molar-refractivity contribution in [3.05, 3.63) is 0 Å². The van der Waals surface area contributed by atoms with E-state index in [1.807, 2.05) is 0 Å². The summed E-state index contributed by atoms with van der Waals surface area (Å²) in [5.41, 5.74) is -0.597. The van der Waals surface area contributed by atoms with Gasteiger partial charge in [0.1, 0.15) is 17.4 Å². The molecule has 0 bridgehead atoms. The number of ketones is 2. The molecule has 1 aliphatic heterocycles. The molecule has 5 heteroatoms. The zero-order valence-corrected chi connectivity index (χ0v) is 10.8. The second-order valence-corrected chi connectivity index (χ2v) is 5.29. The van der Waals surface area contributed by atoms with Crippen LogP contribution in [0.15, 0.2) is 0 Å². The molecule has 1 fully saturated rings. The quantitative estimate of drug-likeness (QED) is 0.698. The summed E-state index contributed by atoms with van der Waals surface area (Å²) in [6.45, 7) is 6.95. The highest BCUT2D eigenvalue weighted by atomic mass is 16.6. The predicted octanol–water partition coefficient (Wildman–Crippen LogP) is 1.54. The van der Waals surface area contributed by atoms with E-state index in [1.165, 1.54) is 11.8 Å². The van der Waals surface area contributed by atoms with Gasteiger partial charge < -0.3 is 4.74 Å². The molecule has 96 valence electrons. The molecule has 1 amide bonds. The van der Waals surface area contributed by atoms with Crippen LogP contribution in [-0.4, -0.2) is 40.7 Å². The summed E-state index contributed by atoms with van der Waals surface area (Å²) in [6, 6.07) is -0.661. The van der Waals surface area contributed by atoms with Crippen LogP contribution >= 0.6 is 0 Å². The Hall–Kier alpha value is -1.39. The van der Waals surface area contributed by atoms with Crippen LogP contribution < -0.4 is 0 Å². The smallest absolute Gasteiger partial charge is 0.410 e. The molecule has 1 atom stereocenters. The Morgan fingerprint density at radius 1 is 1.35 bits per heavy atom. The van der Waals surface area contributed by atoms with Crippen LogP contribution in [0.1, 0.15) is 40.5 Å². The van der Waals surface area contributed by atoms with Crippen molar-refractivity contribution in [2.75, 3.05) is 6.54 Å². The van der Waals surface area contributed by atoms with E-state index in [1.54, 1.807) is 20.8 Å². The maximum Gasteiger partial charge on any atom is 0.410 e. The molecule has 0 unspecified atom stereocenters. The Bertz CT molecular complexity index is 343. The number of ether oxygens (including phenoxy) is 1. The second-order valence-electron chi connectivity index (χ2n) is 5.29. The zero-order chi connectivity index (χ0) is 13.2. The monoisotopic (exact) mass is 241 g/mol. The van der Waals surface area contributed by atoms with Gasteiger partial charge in [-0.1, -0.05) is 0 Å². The predicted molar refractivity (Wildman–Crippen MR) is 61.7 cm³/mol. The second kappa shape index (κ2) is 4.85. The van der Waals surface area contributed by atoms with Crippen LogP contribution in [0.5, 0.6) is 0 Å². The fraction of sp³-hybridized carbons (Fsp3) is 0.750. The third-order valence-corrected chi connectivity index (χ3v) is 2.53. The van der Waals surface area contributed by atoms with Gasteiger partial charge in [-0.25, -0.2) is 4.79 Å². The average Bonchev–Trinajstić information content (AvgIpc) is 2.14. The minimum Gasteiger partial charge on any atom is -0.444 e. The van der Waals surface area contributed by atoms with Crippen molar-refractivity contribution in [1.29, 1.82) is 0 Å². The van der Waals surface area contributed by atoms with Crippen LogP contribution in [0.2, 0.25) is 0 Å². The summed E-state index contributed by atoms with van der Waals surface area (Å²) in [5, 5.41) is 0. The molecule has 1 rings (SSSR count). The first-order valence-corrected chi connectivity index (χ1v) is 5.72. The normalized spacial score (nSPS) is 21.3. The lowest BCUT2D eigenvalue weighted by Crippen LogP contribution is -2.51. The summed E-state index contributed by atoms with van der Waals surface area (Å²) in [4.78, 5) is 36.0. The summed E-state index contributed by atoms with van der Waals surface area (Å²) in [6.07, 6.45) is -0.123. The lowest BCUT2D eigenvalue weighted by molar-refractivity contribution is -0.131. The van der Waals surface area contributed by atoms with Crippen LogP contribution in [0.4, 0.5) is 4.79 Å². The molecule has 0 aliphatic carbocycles. The molecule has 1 heterocycles. The standard InChI is InChI=1S/C12H19NO4/c1-8(14)10-7-9(15)5-6-13(10)11(16)17-12(2,3)4/h10H,5-7H2,1-4H3/t10-/m1/s1. The van der Waals surface area contributed by atoms with Crippen LogP contribution in [0, 0.1) is 0 Å². The number of carbonyl (C=O) groups excluding carboxylic acids is 3. The molecule has 1 saturated heterocycles. The Morgan fingerprint density at radius 3 is 2.41 bits per heavy atom. The van der Waals surface area contributed by atoms with Crippen molar-refractivity contribution in [1.82, 2.24) is 4.90 Å². The third kappa shape index (κ3) is 3.84. The lowest BCUT2D eigenvalue weighted by Gasteiger charge is -2.34. The van der Waals surface area contributed by atoms with E-state index in [-0.39, 0.29) is 24.5 Å². The van der Waals surface area contributed by atoms with E-state index >= 15 is 0 Å². The summed E-state index contributed by atoms with van der Waals surface area (Å²) in [5.74, 6) is -0.158. The van der Waals surface area contributed by atoms with Gasteiger partial charge in [-0.2, -0.15) is 0 Å². The van der Waals surface area contributed by atoms with Gasteiger partial charge in [0.05, 0.1) is 0 Å². The Morgan fingerprint density at radius 2 is 1.94 bits per heavy atom. The number of nitrogens with zero attached hydrogens (tertiary/aromatic N) is 1. The van der Waals surface area contributed by atoms with Gasteiger partial charge in [-0.3, -0.25) is 14.5 Å². The number of hydrogen-bond acceptors (Lipinski definition) is 4. The zero-order valence-electron chi connectivity index (χ0n) is 10.8. The Kier molecular flexibility index (Phi) is 3.91. The van der Waals surface area contributed by atoms with Crippen molar-refractivity contribution in [3.63, 3.8) is 0 Å². The Balaban J connectivity index is 2.76. The molecule has 0 aromatic rings. The van der Waals surface area contributed by atoms with Crippen LogP contribution in [0.3, 0.4) is 0 Å². The van der Waals surface area contributed by atoms with Gasteiger partial charge in [0.15, 0.2) is 5.78 Å². The number of piperidine rings is 1. The van der Waals surface area contributed by atoms with Gasteiger partial charge in [-0.15, -0.1) is 0 Å². The molecular weight excluding hydrogens is 222 g/mol. The molecule has 17 heavy (non-hydrogen) atoms. The highest BCUT2D eigenvalue weighted by molar-refractivity contribution is 5.93. The summed E-state index contributed by atoms with van der Waals surface area (Å²) in [7, 11) is 0. The van der Waals surface area contributed by atoms with Crippen LogP contribution in [-0.2, 0) is 14.3 Å². The van der Waals surface area contributed by atoms with Gasteiger partial charge >= 0.3 is 6.09 Å². The minimum absolute atomic E-state index is 0.0185. The molecule has 5 nitrogen and oxygen atoms in total. The van der Waals surface area contributed by atoms with E-state index in [2.05, 4.69) is 0 Å². The Labute approximate surface area is 101 Å². The first-order chi connectivity index (χ1) is 7.70. The highest BCUT2D eigenvalue weighted by Gasteiger charge is 2.35. The number of carbonyl (C=O) groups is 3. The number of rotatable bonds is 1. The summed E-state index contributed by atoms with van der Waals surface area (Å²) < 4.78 is 5.22. The maximum atomic E-state index is 11.9. The number of Topliss-reactive ketones (excluding diaryl/α,β-unsaturated/α-hetero) is 2. The van der Waals surface area contributed by atoms with E-state index in [0.29, 0.717) is 6.42 Å². The molecule has 0 aromatic carbocycles. The first kappa shape index (κ1) is 13.7. The molecule has 0 radical (unpaired) electrons. The van der Waals surface area contributed by atoms with E-state index in [9.17, 15) is 14.4 Å².